The third-order valence-corrected chi connectivity index (χ3v) is 5.43. The second kappa shape index (κ2) is 9.56. The van der Waals surface area contributed by atoms with E-state index >= 15 is 0 Å². The highest BCUT2D eigenvalue weighted by Crippen LogP contribution is 2.25. The minimum Gasteiger partial charge on any atom is -0.497 e. The van der Waals surface area contributed by atoms with Gasteiger partial charge in [-0.25, -0.2) is 0 Å². The fourth-order valence-corrected chi connectivity index (χ4v) is 3.75. The van der Waals surface area contributed by atoms with Crippen LogP contribution in [-0.4, -0.2) is 43.6 Å². The molecular weight excluding hydrogens is 336 g/mol. The maximum Gasteiger partial charge on any atom is 0.227 e. The SMILES string of the molecule is COc1cccc(C(Cc2ccccc2)C(=O)NCC(C)N2CCCC2)c1. The number of likely N-dealkylation sites (tertiary alicyclic amines) is 1. The summed E-state index contributed by atoms with van der Waals surface area (Å²) in [5.41, 5.74) is 2.15. The van der Waals surface area contributed by atoms with Crippen LogP contribution in [-0.2, 0) is 11.2 Å². The summed E-state index contributed by atoms with van der Waals surface area (Å²) < 4.78 is 5.36. The Bertz CT molecular complexity index is 726. The highest BCUT2D eigenvalue weighted by molar-refractivity contribution is 5.84. The molecule has 0 bridgehead atoms. The van der Waals surface area contributed by atoms with Crippen molar-refractivity contribution in [3.8, 4) is 5.75 Å². The number of rotatable bonds is 8. The lowest BCUT2D eigenvalue weighted by atomic mass is 9.91. The molecule has 0 saturated carbocycles. The molecule has 2 atom stereocenters. The lowest BCUT2D eigenvalue weighted by Crippen LogP contribution is -2.42. The Balaban J connectivity index is 1.72. The van der Waals surface area contributed by atoms with E-state index in [1.165, 1.54) is 12.8 Å². The largest absolute Gasteiger partial charge is 0.497 e. The summed E-state index contributed by atoms with van der Waals surface area (Å²) in [5.74, 6) is 0.634. The zero-order valence-electron chi connectivity index (χ0n) is 16.4. The Morgan fingerprint density at radius 2 is 1.85 bits per heavy atom. The van der Waals surface area contributed by atoms with Crippen molar-refractivity contribution in [2.45, 2.75) is 38.1 Å². The van der Waals surface area contributed by atoms with Gasteiger partial charge >= 0.3 is 0 Å². The number of amides is 1. The summed E-state index contributed by atoms with van der Waals surface area (Å²) in [7, 11) is 1.66. The average Bonchev–Trinajstić information content (AvgIpc) is 3.26. The van der Waals surface area contributed by atoms with E-state index in [1.54, 1.807) is 7.11 Å². The monoisotopic (exact) mass is 366 g/mol. The second-order valence-electron chi connectivity index (χ2n) is 7.36. The van der Waals surface area contributed by atoms with E-state index in [4.69, 9.17) is 4.74 Å². The zero-order valence-corrected chi connectivity index (χ0v) is 16.4. The number of nitrogens with one attached hydrogen (secondary N) is 1. The molecule has 2 aromatic carbocycles. The normalized spacial score (nSPS) is 16.7. The smallest absolute Gasteiger partial charge is 0.227 e. The molecule has 2 unspecified atom stereocenters. The highest BCUT2D eigenvalue weighted by Gasteiger charge is 2.24. The number of hydrogen-bond donors (Lipinski definition) is 1. The van der Waals surface area contributed by atoms with E-state index in [9.17, 15) is 4.79 Å². The van der Waals surface area contributed by atoms with Gasteiger partial charge in [0.1, 0.15) is 5.75 Å². The van der Waals surface area contributed by atoms with Crippen LogP contribution in [0.4, 0.5) is 0 Å². The lowest BCUT2D eigenvalue weighted by molar-refractivity contribution is -0.122. The minimum absolute atomic E-state index is 0.0816. The molecule has 0 radical (unpaired) electrons. The van der Waals surface area contributed by atoms with Gasteiger partial charge in [-0.2, -0.15) is 0 Å². The maximum absolute atomic E-state index is 13.1. The number of carbonyl (C=O) groups excluding carboxylic acids is 1. The molecule has 3 rings (SSSR count). The molecule has 1 heterocycles. The topological polar surface area (TPSA) is 41.6 Å². The molecule has 144 valence electrons. The Hall–Kier alpha value is -2.33. The molecule has 1 N–H and O–H groups in total. The number of carbonyl (C=O) groups is 1. The predicted molar refractivity (Wildman–Crippen MR) is 109 cm³/mol. The quantitative estimate of drug-likeness (QED) is 0.776. The summed E-state index contributed by atoms with van der Waals surface area (Å²) in [6, 6.07) is 18.4. The first kappa shape index (κ1) is 19.4. The molecule has 27 heavy (non-hydrogen) atoms. The van der Waals surface area contributed by atoms with Crippen LogP contribution in [0, 0.1) is 0 Å². The van der Waals surface area contributed by atoms with Crippen LogP contribution in [0.1, 0.15) is 36.8 Å². The van der Waals surface area contributed by atoms with Crippen LogP contribution >= 0.6 is 0 Å². The van der Waals surface area contributed by atoms with E-state index in [-0.39, 0.29) is 11.8 Å². The lowest BCUT2D eigenvalue weighted by Gasteiger charge is -2.25. The van der Waals surface area contributed by atoms with Crippen LogP contribution < -0.4 is 10.1 Å². The first-order valence-electron chi connectivity index (χ1n) is 9.87. The Morgan fingerprint density at radius 1 is 1.11 bits per heavy atom. The van der Waals surface area contributed by atoms with Crippen molar-refractivity contribution >= 4 is 5.91 Å². The van der Waals surface area contributed by atoms with Crippen LogP contribution in [0.25, 0.3) is 0 Å². The Morgan fingerprint density at radius 3 is 2.56 bits per heavy atom. The molecule has 1 aliphatic rings. The van der Waals surface area contributed by atoms with Gasteiger partial charge in [-0.1, -0.05) is 42.5 Å². The van der Waals surface area contributed by atoms with Gasteiger partial charge in [0.15, 0.2) is 0 Å². The van der Waals surface area contributed by atoms with Crippen molar-refractivity contribution in [2.24, 2.45) is 0 Å². The first-order valence-corrected chi connectivity index (χ1v) is 9.87. The summed E-state index contributed by atoms with van der Waals surface area (Å²) in [5, 5.41) is 3.19. The summed E-state index contributed by atoms with van der Waals surface area (Å²) >= 11 is 0. The summed E-state index contributed by atoms with van der Waals surface area (Å²) in [6.07, 6.45) is 3.20. The average molecular weight is 367 g/mol. The van der Waals surface area contributed by atoms with Crippen LogP contribution in [0.15, 0.2) is 54.6 Å². The molecule has 1 fully saturated rings. The fraction of sp³-hybridized carbons (Fsp3) is 0.435. The standard InChI is InChI=1S/C23H30N2O2/c1-18(25-13-6-7-14-25)17-24-23(26)22(15-19-9-4-3-5-10-19)20-11-8-12-21(16-20)27-2/h3-5,8-12,16,18,22H,6-7,13-15,17H2,1-2H3,(H,24,26). The molecule has 2 aromatic rings. The molecule has 4 heteroatoms. The van der Waals surface area contributed by atoms with Gasteiger partial charge in [-0.3, -0.25) is 9.69 Å². The van der Waals surface area contributed by atoms with E-state index in [2.05, 4.69) is 29.3 Å². The van der Waals surface area contributed by atoms with Gasteiger partial charge in [0.05, 0.1) is 13.0 Å². The van der Waals surface area contributed by atoms with Crippen molar-refractivity contribution in [2.75, 3.05) is 26.7 Å². The van der Waals surface area contributed by atoms with Crippen molar-refractivity contribution in [1.29, 1.82) is 0 Å². The number of nitrogens with zero attached hydrogens (tertiary/aromatic N) is 1. The third-order valence-electron chi connectivity index (χ3n) is 5.43. The van der Waals surface area contributed by atoms with Crippen LogP contribution in [0.3, 0.4) is 0 Å². The van der Waals surface area contributed by atoms with Gasteiger partial charge in [-0.05, 0) is 62.5 Å². The molecular formula is C23H30N2O2. The van der Waals surface area contributed by atoms with Gasteiger partial charge in [0.25, 0.3) is 0 Å². The van der Waals surface area contributed by atoms with Crippen molar-refractivity contribution < 1.29 is 9.53 Å². The molecule has 1 saturated heterocycles. The number of hydrogen-bond acceptors (Lipinski definition) is 3. The molecule has 1 aliphatic heterocycles. The third kappa shape index (κ3) is 5.33. The summed E-state index contributed by atoms with van der Waals surface area (Å²) in [4.78, 5) is 15.6. The van der Waals surface area contributed by atoms with Gasteiger partial charge in [0, 0.05) is 12.6 Å². The molecule has 1 amide bonds. The van der Waals surface area contributed by atoms with Crippen molar-refractivity contribution in [1.82, 2.24) is 10.2 Å². The van der Waals surface area contributed by atoms with Crippen LogP contribution in [0.5, 0.6) is 5.75 Å². The Kier molecular flexibility index (Phi) is 6.88. The second-order valence-corrected chi connectivity index (χ2v) is 7.36. The zero-order chi connectivity index (χ0) is 19.1. The van der Waals surface area contributed by atoms with Gasteiger partial charge in [0.2, 0.25) is 5.91 Å². The molecule has 0 spiro atoms. The van der Waals surface area contributed by atoms with Gasteiger partial charge in [-0.15, -0.1) is 0 Å². The molecule has 0 aliphatic carbocycles. The van der Waals surface area contributed by atoms with Crippen molar-refractivity contribution in [3.05, 3.63) is 65.7 Å². The number of ether oxygens (including phenoxy) is 1. The van der Waals surface area contributed by atoms with Crippen LogP contribution in [0.2, 0.25) is 0 Å². The van der Waals surface area contributed by atoms with E-state index in [0.29, 0.717) is 19.0 Å². The Labute approximate surface area is 162 Å². The minimum atomic E-state index is -0.228. The highest BCUT2D eigenvalue weighted by atomic mass is 16.5. The fourth-order valence-electron chi connectivity index (χ4n) is 3.75. The molecule has 4 nitrogen and oxygen atoms in total. The predicted octanol–water partition coefficient (Wildman–Crippen LogP) is 3.62. The van der Waals surface area contributed by atoms with E-state index in [0.717, 1.165) is 30.0 Å². The summed E-state index contributed by atoms with van der Waals surface area (Å²) in [6.45, 7) is 5.16. The van der Waals surface area contributed by atoms with Crippen molar-refractivity contribution in [3.63, 3.8) is 0 Å². The van der Waals surface area contributed by atoms with E-state index < -0.39 is 0 Å². The van der Waals surface area contributed by atoms with E-state index in [1.807, 2.05) is 42.5 Å². The van der Waals surface area contributed by atoms with Gasteiger partial charge < -0.3 is 10.1 Å². The number of benzene rings is 2. The maximum atomic E-state index is 13.1. The molecule has 0 aromatic heterocycles. The first-order chi connectivity index (χ1) is 13.2. The number of methoxy groups -OCH3 is 1.